The van der Waals surface area contributed by atoms with Crippen LogP contribution in [-0.2, 0) is 5.75 Å². The largest absolute Gasteiger partial charge is 0.485 e. The van der Waals surface area contributed by atoms with Crippen molar-refractivity contribution < 1.29 is 18.3 Å². The van der Waals surface area contributed by atoms with E-state index in [1.165, 1.54) is 35.2 Å². The highest BCUT2D eigenvalue weighted by Gasteiger charge is 2.27. The van der Waals surface area contributed by atoms with Crippen LogP contribution in [0.5, 0.6) is 11.5 Å². The lowest BCUT2D eigenvalue weighted by Gasteiger charge is -2.23. The normalized spacial score (nSPS) is 15.4. The Morgan fingerprint density at radius 2 is 1.90 bits per heavy atom. The minimum atomic E-state index is -0.434. The van der Waals surface area contributed by atoms with Crippen molar-refractivity contribution in [2.24, 2.45) is 0 Å². The van der Waals surface area contributed by atoms with E-state index in [0.29, 0.717) is 35.0 Å². The van der Waals surface area contributed by atoms with E-state index in [-0.39, 0.29) is 5.82 Å². The summed E-state index contributed by atoms with van der Waals surface area (Å²) in [7, 11) is 0. The number of halogens is 1. The van der Waals surface area contributed by atoms with Gasteiger partial charge < -0.3 is 13.9 Å². The zero-order chi connectivity index (χ0) is 19.6. The molecule has 0 N–H and O–H groups in total. The average molecular weight is 427 g/mol. The lowest BCUT2D eigenvalue weighted by Crippen LogP contribution is -2.21. The second kappa shape index (κ2) is 7.84. The van der Waals surface area contributed by atoms with Crippen LogP contribution in [0, 0.1) is 5.82 Å². The van der Waals surface area contributed by atoms with E-state index in [9.17, 15) is 4.39 Å². The molecule has 3 heterocycles. The SMILES string of the molecule is Fc1ccc(-c2nc(CSc3nnc([C@@H]4COc5ccccc5O4)o3)cs2)cc1. The number of ether oxygens (including phenoxy) is 2. The standard InChI is InChI=1S/C20H14FN3O3S2/c21-13-7-5-12(6-8-13)19-22-14(10-28-19)11-29-20-24-23-18(27-20)17-9-25-15-3-1-2-4-16(15)26-17/h1-8,10,17H,9,11H2/t17-/m0/s1. The Balaban J connectivity index is 1.22. The first-order chi connectivity index (χ1) is 14.2. The molecule has 146 valence electrons. The van der Waals surface area contributed by atoms with Gasteiger partial charge in [0.15, 0.2) is 11.5 Å². The van der Waals surface area contributed by atoms with Crippen LogP contribution in [0.3, 0.4) is 0 Å². The molecule has 0 bridgehead atoms. The Morgan fingerprint density at radius 1 is 1.07 bits per heavy atom. The highest BCUT2D eigenvalue weighted by Crippen LogP contribution is 2.36. The first kappa shape index (κ1) is 18.1. The molecular weight excluding hydrogens is 413 g/mol. The fourth-order valence-corrected chi connectivity index (χ4v) is 4.38. The summed E-state index contributed by atoms with van der Waals surface area (Å²) in [5.41, 5.74) is 1.78. The van der Waals surface area contributed by atoms with Gasteiger partial charge in [0.05, 0.1) is 5.69 Å². The average Bonchev–Trinajstić information content (AvgIpc) is 3.42. The maximum atomic E-state index is 13.1. The number of thiazole rings is 1. The molecule has 0 radical (unpaired) electrons. The maximum absolute atomic E-state index is 13.1. The molecular formula is C20H14FN3O3S2. The van der Waals surface area contributed by atoms with E-state index < -0.39 is 6.10 Å². The molecule has 1 aliphatic heterocycles. The minimum Gasteiger partial charge on any atom is -0.485 e. The monoisotopic (exact) mass is 427 g/mol. The topological polar surface area (TPSA) is 70.3 Å². The molecule has 0 fully saturated rings. The quantitative estimate of drug-likeness (QED) is 0.409. The summed E-state index contributed by atoms with van der Waals surface area (Å²) in [6.07, 6.45) is -0.434. The molecule has 1 aliphatic rings. The van der Waals surface area contributed by atoms with E-state index in [2.05, 4.69) is 15.2 Å². The van der Waals surface area contributed by atoms with E-state index >= 15 is 0 Å². The van der Waals surface area contributed by atoms with Crippen LogP contribution in [0.4, 0.5) is 4.39 Å². The van der Waals surface area contributed by atoms with Crippen LogP contribution in [-0.4, -0.2) is 21.8 Å². The molecule has 6 nitrogen and oxygen atoms in total. The molecule has 1 atom stereocenters. The number of rotatable bonds is 5. The first-order valence-electron chi connectivity index (χ1n) is 8.79. The van der Waals surface area contributed by atoms with Gasteiger partial charge in [-0.15, -0.1) is 21.5 Å². The summed E-state index contributed by atoms with van der Waals surface area (Å²) < 4.78 is 30.4. The van der Waals surface area contributed by atoms with Gasteiger partial charge in [-0.25, -0.2) is 9.37 Å². The van der Waals surface area contributed by atoms with Gasteiger partial charge in [-0.1, -0.05) is 23.9 Å². The minimum absolute atomic E-state index is 0.260. The number of hydrogen-bond acceptors (Lipinski definition) is 8. The second-order valence-electron chi connectivity index (χ2n) is 6.21. The summed E-state index contributed by atoms with van der Waals surface area (Å²) in [5.74, 6) is 2.08. The fraction of sp³-hybridized carbons (Fsp3) is 0.150. The highest BCUT2D eigenvalue weighted by molar-refractivity contribution is 7.98. The number of para-hydroxylation sites is 2. The number of aromatic nitrogens is 3. The van der Waals surface area contributed by atoms with Crippen LogP contribution < -0.4 is 9.47 Å². The predicted octanol–water partition coefficient (Wildman–Crippen LogP) is 5.14. The summed E-state index contributed by atoms with van der Waals surface area (Å²) in [4.78, 5) is 4.59. The molecule has 0 amide bonds. The van der Waals surface area contributed by atoms with Gasteiger partial charge in [-0.2, -0.15) is 0 Å². The Bertz CT molecular complexity index is 1130. The maximum Gasteiger partial charge on any atom is 0.277 e. The molecule has 0 spiro atoms. The second-order valence-corrected chi connectivity index (χ2v) is 7.99. The lowest BCUT2D eigenvalue weighted by molar-refractivity contribution is 0.0686. The molecule has 0 saturated heterocycles. The molecule has 2 aromatic carbocycles. The van der Waals surface area contributed by atoms with Crippen molar-refractivity contribution in [1.82, 2.24) is 15.2 Å². The van der Waals surface area contributed by atoms with Gasteiger partial charge in [0.2, 0.25) is 6.10 Å². The molecule has 4 aromatic rings. The number of hydrogen-bond donors (Lipinski definition) is 0. The third-order valence-electron chi connectivity index (χ3n) is 4.19. The number of nitrogens with zero attached hydrogens (tertiary/aromatic N) is 3. The summed E-state index contributed by atoms with van der Waals surface area (Å²) in [5, 5.41) is 11.4. The van der Waals surface area contributed by atoms with Gasteiger partial charge in [0.25, 0.3) is 11.1 Å². The Hall–Kier alpha value is -2.91. The van der Waals surface area contributed by atoms with Gasteiger partial charge in [-0.3, -0.25) is 0 Å². The van der Waals surface area contributed by atoms with Crippen molar-refractivity contribution in [3.8, 4) is 22.1 Å². The van der Waals surface area contributed by atoms with Crippen molar-refractivity contribution >= 4 is 23.1 Å². The third kappa shape index (κ3) is 3.96. The van der Waals surface area contributed by atoms with Gasteiger partial charge in [0.1, 0.15) is 17.4 Å². The van der Waals surface area contributed by atoms with Crippen LogP contribution in [0.1, 0.15) is 17.7 Å². The molecule has 29 heavy (non-hydrogen) atoms. The number of thioether (sulfide) groups is 1. The van der Waals surface area contributed by atoms with E-state index in [4.69, 9.17) is 13.9 Å². The van der Waals surface area contributed by atoms with Crippen LogP contribution in [0.2, 0.25) is 0 Å². The molecule has 2 aromatic heterocycles. The van der Waals surface area contributed by atoms with Crippen molar-refractivity contribution in [1.29, 1.82) is 0 Å². The highest BCUT2D eigenvalue weighted by atomic mass is 32.2. The fourth-order valence-electron chi connectivity index (χ4n) is 2.78. The van der Waals surface area contributed by atoms with Crippen LogP contribution in [0.15, 0.2) is 63.6 Å². The number of benzene rings is 2. The van der Waals surface area contributed by atoms with Gasteiger partial charge in [-0.05, 0) is 36.4 Å². The van der Waals surface area contributed by atoms with E-state index in [1.807, 2.05) is 29.6 Å². The zero-order valence-electron chi connectivity index (χ0n) is 14.9. The van der Waals surface area contributed by atoms with E-state index in [0.717, 1.165) is 16.3 Å². The predicted molar refractivity (Wildman–Crippen MR) is 107 cm³/mol. The third-order valence-corrected chi connectivity index (χ3v) is 5.98. The molecule has 5 rings (SSSR count). The van der Waals surface area contributed by atoms with Crippen molar-refractivity contribution in [2.75, 3.05) is 6.61 Å². The Labute approximate surface area is 173 Å². The number of fused-ring (bicyclic) bond motifs is 1. The van der Waals surface area contributed by atoms with Crippen molar-refractivity contribution in [2.45, 2.75) is 17.1 Å². The first-order valence-corrected chi connectivity index (χ1v) is 10.7. The smallest absolute Gasteiger partial charge is 0.277 e. The molecule has 0 saturated carbocycles. The Kier molecular flexibility index (Phi) is 4.91. The van der Waals surface area contributed by atoms with Crippen LogP contribution >= 0.6 is 23.1 Å². The molecule has 9 heteroatoms. The Morgan fingerprint density at radius 3 is 2.76 bits per heavy atom. The van der Waals surface area contributed by atoms with Crippen molar-refractivity contribution in [3.63, 3.8) is 0 Å². The van der Waals surface area contributed by atoms with Crippen LogP contribution in [0.25, 0.3) is 10.6 Å². The summed E-state index contributed by atoms with van der Waals surface area (Å²) in [6, 6.07) is 13.8. The van der Waals surface area contributed by atoms with Gasteiger partial charge >= 0.3 is 0 Å². The summed E-state index contributed by atoms with van der Waals surface area (Å²) >= 11 is 2.92. The zero-order valence-corrected chi connectivity index (χ0v) is 16.6. The van der Waals surface area contributed by atoms with Crippen molar-refractivity contribution in [3.05, 3.63) is 71.3 Å². The lowest BCUT2D eigenvalue weighted by atomic mass is 10.2. The summed E-state index contributed by atoms with van der Waals surface area (Å²) in [6.45, 7) is 0.316. The molecule has 0 aliphatic carbocycles. The van der Waals surface area contributed by atoms with E-state index in [1.54, 1.807) is 12.1 Å². The van der Waals surface area contributed by atoms with Gasteiger partial charge in [0, 0.05) is 16.7 Å². The molecule has 0 unspecified atom stereocenters.